The Labute approximate surface area is 327 Å². The number of carbonyl (C=O) groups excluding carboxylic acids is 1. The minimum Gasteiger partial charge on any atom is -0.481 e. The summed E-state index contributed by atoms with van der Waals surface area (Å²) in [5.74, 6) is -1.12. The molecule has 0 saturated carbocycles. The number of hydrogen-bond donors (Lipinski definition) is 4. The Morgan fingerprint density at radius 3 is 1.86 bits per heavy atom. The summed E-state index contributed by atoms with van der Waals surface area (Å²) in [6, 6.07) is 21.5. The number of hydrogen-bond acceptors (Lipinski definition) is 16. The van der Waals surface area contributed by atoms with Gasteiger partial charge in [-0.25, -0.2) is 21.8 Å². The zero-order valence-corrected chi connectivity index (χ0v) is 31.7. The first-order chi connectivity index (χ1) is 27.1. The fraction of sp³-hybridized carbons (Fsp3) is 0.0588. The van der Waals surface area contributed by atoms with E-state index in [0.29, 0.717) is 5.69 Å². The molecule has 6 aromatic rings. The normalized spacial score (nSPS) is 11.3. The molecule has 4 aromatic carbocycles. The van der Waals surface area contributed by atoms with Crippen LogP contribution in [0.1, 0.15) is 10.4 Å². The molecule has 0 bridgehead atoms. The van der Waals surface area contributed by atoms with Crippen LogP contribution in [0.2, 0.25) is 0 Å². The van der Waals surface area contributed by atoms with Crippen LogP contribution >= 0.6 is 11.3 Å². The monoisotopic (exact) mass is 833 g/mol. The van der Waals surface area contributed by atoms with Crippen molar-refractivity contribution in [3.05, 3.63) is 128 Å². The predicted octanol–water partition coefficient (Wildman–Crippen LogP) is 6.03. The lowest BCUT2D eigenvalue weighted by atomic mass is 10.1. The quantitative estimate of drug-likeness (QED) is 0.0679. The Bertz CT molecular complexity index is 2660. The second kappa shape index (κ2) is 16.2. The maximum atomic E-state index is 13.2. The highest BCUT2D eigenvalue weighted by Gasteiger charge is 2.29. The second-order valence-corrected chi connectivity index (χ2v) is 15.7. The molecular weight excluding hydrogens is 807 g/mol. The highest BCUT2D eigenvalue weighted by Crippen LogP contribution is 2.38. The van der Waals surface area contributed by atoms with Crippen LogP contribution in [0.5, 0.6) is 11.9 Å². The molecule has 20 nitrogen and oxygen atoms in total. The van der Waals surface area contributed by atoms with E-state index >= 15 is 0 Å². The molecule has 4 N–H and O–H groups in total. The van der Waals surface area contributed by atoms with E-state index in [9.17, 15) is 41.9 Å². The lowest BCUT2D eigenvalue weighted by Crippen LogP contribution is -2.15. The van der Waals surface area contributed by atoms with E-state index in [1.54, 1.807) is 5.38 Å². The van der Waals surface area contributed by atoms with Crippen molar-refractivity contribution in [1.29, 1.82) is 0 Å². The number of anilines is 5. The molecule has 0 fully saturated rings. The Kier molecular flexibility index (Phi) is 11.2. The molecule has 0 atom stereocenters. The summed E-state index contributed by atoms with van der Waals surface area (Å²) in [5.41, 5.74) is -1.24. The summed E-state index contributed by atoms with van der Waals surface area (Å²) in [4.78, 5) is 47.3. The number of thiazole rings is 1. The number of sulfonamides is 2. The third-order valence-corrected chi connectivity index (χ3v) is 11.3. The second-order valence-electron chi connectivity index (χ2n) is 11.4. The minimum absolute atomic E-state index is 0.0206. The van der Waals surface area contributed by atoms with Gasteiger partial charge in [-0.2, -0.15) is 9.97 Å². The Morgan fingerprint density at radius 1 is 0.719 bits per heavy atom. The first-order valence-electron chi connectivity index (χ1n) is 15.9. The average molecular weight is 834 g/mol. The van der Waals surface area contributed by atoms with Gasteiger partial charge in [-0.3, -0.25) is 34.5 Å². The van der Waals surface area contributed by atoms with Gasteiger partial charge in [0.05, 0.1) is 45.1 Å². The van der Waals surface area contributed by atoms with Gasteiger partial charge in [-0.1, -0.05) is 30.3 Å². The van der Waals surface area contributed by atoms with Gasteiger partial charge >= 0.3 is 17.4 Å². The number of nitro groups is 2. The molecule has 0 aliphatic heterocycles. The Balaban J connectivity index is 1.17. The average Bonchev–Trinajstić information content (AvgIpc) is 3.65. The van der Waals surface area contributed by atoms with Crippen LogP contribution in [-0.2, 0) is 20.0 Å². The molecule has 6 rings (SSSR count). The fourth-order valence-corrected chi connectivity index (χ4v) is 7.99. The lowest BCUT2D eigenvalue weighted by Gasteiger charge is -2.12. The van der Waals surface area contributed by atoms with Crippen molar-refractivity contribution in [2.24, 2.45) is 0 Å². The maximum Gasteiger partial charge on any atom is 0.321 e. The molecule has 0 spiro atoms. The van der Waals surface area contributed by atoms with E-state index in [0.717, 1.165) is 41.2 Å². The van der Waals surface area contributed by atoms with E-state index in [1.807, 2.05) is 30.3 Å². The van der Waals surface area contributed by atoms with Crippen molar-refractivity contribution in [2.45, 2.75) is 9.79 Å². The molecule has 0 aliphatic rings. The number of rotatable bonds is 15. The first kappa shape index (κ1) is 39.5. The Hall–Kier alpha value is -7.24. The molecular formula is C34H27N9O11S3. The Morgan fingerprint density at radius 2 is 1.30 bits per heavy atom. The van der Waals surface area contributed by atoms with Crippen LogP contribution in [0.4, 0.5) is 39.4 Å². The number of nitro benzene ring substituents is 2. The summed E-state index contributed by atoms with van der Waals surface area (Å²) < 4.78 is 66.8. The summed E-state index contributed by atoms with van der Waals surface area (Å²) in [7, 11) is -5.74. The number of amides is 1. The molecule has 1 amide bonds. The molecule has 23 heteroatoms. The van der Waals surface area contributed by atoms with Gasteiger partial charge in [-0.05, 0) is 48.5 Å². The van der Waals surface area contributed by atoms with Crippen molar-refractivity contribution in [3.8, 4) is 23.1 Å². The summed E-state index contributed by atoms with van der Waals surface area (Å²) >= 11 is 1.09. The van der Waals surface area contributed by atoms with Gasteiger partial charge in [-0.15, -0.1) is 11.3 Å². The number of nitrogens with one attached hydrogen (secondary N) is 4. The SMILES string of the molecule is COc1cc(NS(=O)(=O)c2ccc(Nc3c([N+](=O)[O-])cc(C(=O)Nc4ccc(S(=O)(=O)Nc5nc(-c6ccccc6)cs5)cc4)cc3[N+](=O)[O-])cc2)nc(OC)n1. The smallest absolute Gasteiger partial charge is 0.321 e. The first-order valence-corrected chi connectivity index (χ1v) is 19.8. The van der Waals surface area contributed by atoms with Crippen molar-refractivity contribution in [2.75, 3.05) is 34.3 Å². The van der Waals surface area contributed by atoms with Gasteiger partial charge in [0, 0.05) is 40.5 Å². The molecule has 0 saturated heterocycles. The number of carbonyl (C=O) groups is 1. The van der Waals surface area contributed by atoms with Gasteiger partial charge in [0.2, 0.25) is 5.88 Å². The van der Waals surface area contributed by atoms with Crippen molar-refractivity contribution < 1.29 is 41.0 Å². The van der Waals surface area contributed by atoms with Gasteiger partial charge in [0.15, 0.2) is 16.6 Å². The number of methoxy groups -OCH3 is 2. The highest BCUT2D eigenvalue weighted by molar-refractivity contribution is 7.93. The standard InChI is InChI=1S/C34H27N9O11S3/c1-53-30-18-29(38-33(39-30)54-2)40-56(49,50)24-12-8-22(9-13-24)35-31-27(42(45)46)16-21(17-28(31)43(47)48)32(44)36-23-10-14-25(15-11-23)57(51,52)41-34-37-26(19-55-34)20-6-4-3-5-7-20/h3-19,35H,1-2H3,(H,36,44)(H,37,41)(H,38,39,40). The molecule has 2 aromatic heterocycles. The molecule has 57 heavy (non-hydrogen) atoms. The molecule has 292 valence electrons. The molecule has 0 radical (unpaired) electrons. The van der Waals surface area contributed by atoms with Crippen LogP contribution in [0.3, 0.4) is 0 Å². The van der Waals surface area contributed by atoms with Crippen LogP contribution < -0.4 is 29.6 Å². The fourth-order valence-electron chi connectivity index (χ4n) is 5.03. The molecule has 0 aliphatic carbocycles. The maximum absolute atomic E-state index is 13.2. The number of benzene rings is 4. The van der Waals surface area contributed by atoms with Crippen LogP contribution in [0.15, 0.2) is 112 Å². The van der Waals surface area contributed by atoms with Crippen LogP contribution in [0.25, 0.3) is 11.3 Å². The van der Waals surface area contributed by atoms with E-state index < -0.39 is 58.4 Å². The van der Waals surface area contributed by atoms with Gasteiger partial charge in [0.25, 0.3) is 26.0 Å². The number of ether oxygens (including phenoxy) is 2. The highest BCUT2D eigenvalue weighted by atomic mass is 32.2. The topological polar surface area (TPSA) is 277 Å². The largest absolute Gasteiger partial charge is 0.481 e. The van der Waals surface area contributed by atoms with Crippen molar-refractivity contribution >= 4 is 76.7 Å². The van der Waals surface area contributed by atoms with Crippen molar-refractivity contribution in [1.82, 2.24) is 15.0 Å². The molecule has 2 heterocycles. The zero-order valence-electron chi connectivity index (χ0n) is 29.3. The van der Waals surface area contributed by atoms with E-state index in [4.69, 9.17) is 9.47 Å². The number of nitrogens with zero attached hydrogens (tertiary/aromatic N) is 5. The van der Waals surface area contributed by atoms with Gasteiger partial charge in [0.1, 0.15) is 0 Å². The zero-order chi connectivity index (χ0) is 40.9. The van der Waals surface area contributed by atoms with Crippen LogP contribution in [-0.4, -0.2) is 61.8 Å². The van der Waals surface area contributed by atoms with Gasteiger partial charge < -0.3 is 20.1 Å². The predicted molar refractivity (Wildman–Crippen MR) is 208 cm³/mol. The van der Waals surface area contributed by atoms with E-state index in [1.165, 1.54) is 56.7 Å². The van der Waals surface area contributed by atoms with Crippen LogP contribution in [0, 0.1) is 20.2 Å². The van der Waals surface area contributed by atoms with E-state index in [-0.39, 0.29) is 44.0 Å². The number of aromatic nitrogens is 3. The minimum atomic E-state index is -4.24. The summed E-state index contributed by atoms with van der Waals surface area (Å²) in [6.45, 7) is 0. The van der Waals surface area contributed by atoms with E-state index in [2.05, 4.69) is 35.0 Å². The summed E-state index contributed by atoms with van der Waals surface area (Å²) in [6.07, 6.45) is 0. The summed E-state index contributed by atoms with van der Waals surface area (Å²) in [5, 5.41) is 31.1. The molecule has 0 unspecified atom stereocenters. The lowest BCUT2D eigenvalue weighted by molar-refractivity contribution is -0.392. The third kappa shape index (κ3) is 9.18. The third-order valence-electron chi connectivity index (χ3n) is 7.72. The van der Waals surface area contributed by atoms with Crippen molar-refractivity contribution in [3.63, 3.8) is 0 Å².